The highest BCUT2D eigenvalue weighted by Crippen LogP contribution is 2.21. The lowest BCUT2D eigenvalue weighted by Gasteiger charge is -2.24. The first kappa shape index (κ1) is 12.0. The summed E-state index contributed by atoms with van der Waals surface area (Å²) in [6.45, 7) is 3.46. The molecule has 0 fully saturated rings. The summed E-state index contributed by atoms with van der Waals surface area (Å²) in [6, 6.07) is 7.37. The third-order valence-electron chi connectivity index (χ3n) is 1.96. The molecule has 0 radical (unpaired) electrons. The third-order valence-corrected chi connectivity index (χ3v) is 2.49. The van der Waals surface area contributed by atoms with E-state index >= 15 is 0 Å². The minimum Gasteiger partial charge on any atom is -0.478 e. The number of hydrogen-bond acceptors (Lipinski definition) is 2. The average Bonchev–Trinajstić information content (AvgIpc) is 2.20. The van der Waals surface area contributed by atoms with Gasteiger partial charge in [-0.3, -0.25) is 4.79 Å². The number of benzene rings is 1. The molecule has 4 heteroatoms. The van der Waals surface area contributed by atoms with Gasteiger partial charge in [-0.2, -0.15) is 0 Å². The van der Waals surface area contributed by atoms with Gasteiger partial charge in [-0.15, -0.1) is 0 Å². The molecule has 0 aliphatic heterocycles. The van der Waals surface area contributed by atoms with Crippen LogP contribution in [-0.4, -0.2) is 18.6 Å². The van der Waals surface area contributed by atoms with E-state index in [4.69, 9.17) is 4.74 Å². The third kappa shape index (κ3) is 3.23. The van der Waals surface area contributed by atoms with Crippen LogP contribution in [0.2, 0.25) is 0 Å². The number of halogens is 1. The van der Waals surface area contributed by atoms with E-state index in [1.54, 1.807) is 20.9 Å². The van der Waals surface area contributed by atoms with Crippen LogP contribution in [0.3, 0.4) is 0 Å². The molecule has 1 aromatic rings. The van der Waals surface area contributed by atoms with E-state index in [0.717, 1.165) is 4.47 Å². The largest absolute Gasteiger partial charge is 0.478 e. The zero-order valence-corrected chi connectivity index (χ0v) is 10.6. The van der Waals surface area contributed by atoms with Gasteiger partial charge in [0.05, 0.1) is 0 Å². The predicted molar refractivity (Wildman–Crippen MR) is 62.9 cm³/mol. The molecular weight excluding hydrogens is 258 g/mol. The normalized spacial score (nSPS) is 10.9. The second-order valence-electron chi connectivity index (χ2n) is 3.65. The van der Waals surface area contributed by atoms with Crippen molar-refractivity contribution >= 4 is 21.8 Å². The van der Waals surface area contributed by atoms with Crippen LogP contribution in [0.25, 0.3) is 0 Å². The van der Waals surface area contributed by atoms with Gasteiger partial charge in [0.1, 0.15) is 5.75 Å². The molecule has 0 aliphatic carbocycles. The fourth-order valence-electron chi connectivity index (χ4n) is 1.14. The van der Waals surface area contributed by atoms with E-state index in [2.05, 4.69) is 21.2 Å². The summed E-state index contributed by atoms with van der Waals surface area (Å²) in [6.07, 6.45) is 0. The SMILES string of the molecule is CNC(=O)C(C)(C)Oc1ccc(Br)cc1. The summed E-state index contributed by atoms with van der Waals surface area (Å²) in [7, 11) is 1.59. The summed E-state index contributed by atoms with van der Waals surface area (Å²) in [4.78, 5) is 11.5. The van der Waals surface area contributed by atoms with Gasteiger partial charge in [0, 0.05) is 11.5 Å². The van der Waals surface area contributed by atoms with Crippen molar-refractivity contribution in [2.45, 2.75) is 19.4 Å². The second kappa shape index (κ2) is 4.66. The fraction of sp³-hybridized carbons (Fsp3) is 0.364. The Morgan fingerprint density at radius 3 is 2.33 bits per heavy atom. The maximum absolute atomic E-state index is 11.5. The van der Waals surface area contributed by atoms with Crippen LogP contribution < -0.4 is 10.1 Å². The number of carbonyl (C=O) groups is 1. The number of nitrogens with one attached hydrogen (secondary N) is 1. The van der Waals surface area contributed by atoms with Crippen molar-refractivity contribution in [1.82, 2.24) is 5.32 Å². The Hall–Kier alpha value is -1.03. The second-order valence-corrected chi connectivity index (χ2v) is 4.56. The summed E-state index contributed by atoms with van der Waals surface area (Å²) < 4.78 is 6.56. The number of likely N-dealkylation sites (N-methyl/N-ethyl adjacent to an activating group) is 1. The monoisotopic (exact) mass is 271 g/mol. The van der Waals surface area contributed by atoms with Gasteiger partial charge in [0.15, 0.2) is 5.60 Å². The molecule has 0 atom stereocenters. The van der Waals surface area contributed by atoms with E-state index < -0.39 is 5.60 Å². The smallest absolute Gasteiger partial charge is 0.263 e. The maximum Gasteiger partial charge on any atom is 0.263 e. The Morgan fingerprint density at radius 2 is 1.87 bits per heavy atom. The topological polar surface area (TPSA) is 38.3 Å². The summed E-state index contributed by atoms with van der Waals surface area (Å²) >= 11 is 3.33. The lowest BCUT2D eigenvalue weighted by Crippen LogP contribution is -2.45. The quantitative estimate of drug-likeness (QED) is 0.917. The van der Waals surface area contributed by atoms with Gasteiger partial charge >= 0.3 is 0 Å². The summed E-state index contributed by atoms with van der Waals surface area (Å²) in [5.41, 5.74) is -0.859. The molecule has 0 saturated carbocycles. The number of rotatable bonds is 3. The van der Waals surface area contributed by atoms with Gasteiger partial charge < -0.3 is 10.1 Å². The Bertz CT molecular complexity index is 346. The Morgan fingerprint density at radius 1 is 1.33 bits per heavy atom. The fourth-order valence-corrected chi connectivity index (χ4v) is 1.41. The zero-order valence-electron chi connectivity index (χ0n) is 9.00. The molecule has 1 N–H and O–H groups in total. The van der Waals surface area contributed by atoms with Gasteiger partial charge in [-0.05, 0) is 38.1 Å². The van der Waals surface area contributed by atoms with E-state index in [9.17, 15) is 4.79 Å². The van der Waals surface area contributed by atoms with Crippen LogP contribution in [-0.2, 0) is 4.79 Å². The molecule has 3 nitrogen and oxygen atoms in total. The first-order valence-corrected chi connectivity index (χ1v) is 5.42. The Balaban J connectivity index is 2.77. The van der Waals surface area contributed by atoms with Gasteiger partial charge in [0.25, 0.3) is 5.91 Å². The van der Waals surface area contributed by atoms with Crippen molar-refractivity contribution in [3.05, 3.63) is 28.7 Å². The molecular formula is C11H14BrNO2. The van der Waals surface area contributed by atoms with E-state index in [0.29, 0.717) is 5.75 Å². The van der Waals surface area contributed by atoms with Crippen molar-refractivity contribution < 1.29 is 9.53 Å². The van der Waals surface area contributed by atoms with Gasteiger partial charge in [-0.1, -0.05) is 15.9 Å². The number of ether oxygens (including phenoxy) is 1. The standard InChI is InChI=1S/C11H14BrNO2/c1-11(2,10(14)13-3)15-9-6-4-8(12)5-7-9/h4-7H,1-3H3,(H,13,14). The van der Waals surface area contributed by atoms with Crippen molar-refractivity contribution in [3.63, 3.8) is 0 Å². The summed E-state index contributed by atoms with van der Waals surface area (Å²) in [5.74, 6) is 0.525. The lowest BCUT2D eigenvalue weighted by atomic mass is 10.1. The van der Waals surface area contributed by atoms with Crippen LogP contribution in [0.1, 0.15) is 13.8 Å². The minimum absolute atomic E-state index is 0.148. The molecule has 82 valence electrons. The molecule has 1 aromatic carbocycles. The zero-order chi connectivity index (χ0) is 11.5. The van der Waals surface area contributed by atoms with Crippen molar-refractivity contribution in [2.75, 3.05) is 7.05 Å². The molecule has 0 aliphatic rings. The average molecular weight is 272 g/mol. The highest BCUT2D eigenvalue weighted by molar-refractivity contribution is 9.10. The van der Waals surface area contributed by atoms with E-state index in [1.165, 1.54) is 0 Å². The van der Waals surface area contributed by atoms with Crippen LogP contribution in [0.15, 0.2) is 28.7 Å². The first-order valence-electron chi connectivity index (χ1n) is 4.62. The lowest BCUT2D eigenvalue weighted by molar-refractivity contribution is -0.133. The predicted octanol–water partition coefficient (Wildman–Crippen LogP) is 2.35. The van der Waals surface area contributed by atoms with Gasteiger partial charge in [0.2, 0.25) is 0 Å². The number of amides is 1. The van der Waals surface area contributed by atoms with E-state index in [1.807, 2.05) is 24.3 Å². The molecule has 0 bridgehead atoms. The number of hydrogen-bond donors (Lipinski definition) is 1. The van der Waals surface area contributed by atoms with E-state index in [-0.39, 0.29) is 5.91 Å². The van der Waals surface area contributed by atoms with Crippen LogP contribution in [0, 0.1) is 0 Å². The molecule has 15 heavy (non-hydrogen) atoms. The minimum atomic E-state index is -0.859. The molecule has 0 saturated heterocycles. The summed E-state index contributed by atoms with van der Waals surface area (Å²) in [5, 5.41) is 2.56. The molecule has 1 amide bonds. The highest BCUT2D eigenvalue weighted by atomic mass is 79.9. The molecule has 1 rings (SSSR count). The number of carbonyl (C=O) groups excluding carboxylic acids is 1. The van der Waals surface area contributed by atoms with Crippen molar-refractivity contribution in [1.29, 1.82) is 0 Å². The van der Waals surface area contributed by atoms with Crippen LogP contribution in [0.4, 0.5) is 0 Å². The highest BCUT2D eigenvalue weighted by Gasteiger charge is 2.28. The molecule has 0 aromatic heterocycles. The van der Waals surface area contributed by atoms with Crippen molar-refractivity contribution in [3.8, 4) is 5.75 Å². The van der Waals surface area contributed by atoms with Crippen LogP contribution >= 0.6 is 15.9 Å². The van der Waals surface area contributed by atoms with Gasteiger partial charge in [-0.25, -0.2) is 0 Å². The first-order chi connectivity index (χ1) is 6.95. The molecule has 0 unspecified atom stereocenters. The molecule has 0 spiro atoms. The van der Waals surface area contributed by atoms with Crippen molar-refractivity contribution in [2.24, 2.45) is 0 Å². The van der Waals surface area contributed by atoms with Crippen LogP contribution in [0.5, 0.6) is 5.75 Å². The Kier molecular flexibility index (Phi) is 3.74. The Labute approximate surface area is 97.9 Å². The molecule has 0 heterocycles. The maximum atomic E-state index is 11.5.